The Bertz CT molecular complexity index is 846. The lowest BCUT2D eigenvalue weighted by Crippen LogP contribution is -2.29. The molecule has 0 unspecified atom stereocenters. The van der Waals surface area contributed by atoms with Crippen molar-refractivity contribution in [1.29, 1.82) is 0 Å². The van der Waals surface area contributed by atoms with Crippen molar-refractivity contribution < 1.29 is 9.53 Å². The fourth-order valence-corrected chi connectivity index (χ4v) is 4.16. The van der Waals surface area contributed by atoms with E-state index in [-0.39, 0.29) is 12.0 Å². The summed E-state index contributed by atoms with van der Waals surface area (Å²) >= 11 is 6.20. The van der Waals surface area contributed by atoms with Gasteiger partial charge in [-0.15, -0.1) is 0 Å². The molecule has 2 aliphatic rings. The quantitative estimate of drug-likeness (QED) is 0.597. The third-order valence-corrected chi connectivity index (χ3v) is 5.32. The summed E-state index contributed by atoms with van der Waals surface area (Å²) in [6.07, 6.45) is 5.51. The number of benzene rings is 2. The Kier molecular flexibility index (Phi) is 4.26. The van der Waals surface area contributed by atoms with Gasteiger partial charge in [0.1, 0.15) is 0 Å². The van der Waals surface area contributed by atoms with Gasteiger partial charge in [0, 0.05) is 16.6 Å². The Hall–Kier alpha value is -2.26. The van der Waals surface area contributed by atoms with Gasteiger partial charge in [-0.05, 0) is 60.7 Å². The molecule has 0 amide bonds. The minimum Gasteiger partial charge on any atom is -0.462 e. The highest BCUT2D eigenvalue weighted by molar-refractivity contribution is 6.30. The maximum atomic E-state index is 12.1. The van der Waals surface area contributed by atoms with Crippen molar-refractivity contribution in [3.8, 4) is 0 Å². The second-order valence-electron chi connectivity index (χ2n) is 6.55. The molecule has 4 heteroatoms. The van der Waals surface area contributed by atoms with Gasteiger partial charge in [-0.3, -0.25) is 0 Å². The first-order valence-electron chi connectivity index (χ1n) is 8.67. The molecule has 3 nitrogen and oxygen atoms in total. The highest BCUT2D eigenvalue weighted by Gasteiger charge is 2.38. The predicted octanol–water partition coefficient (Wildman–Crippen LogP) is 5.34. The van der Waals surface area contributed by atoms with E-state index in [9.17, 15) is 4.79 Å². The number of esters is 1. The summed E-state index contributed by atoms with van der Waals surface area (Å²) in [6.45, 7) is 2.21. The number of nitrogens with one attached hydrogen (secondary N) is 1. The monoisotopic (exact) mass is 353 g/mol. The molecule has 0 radical (unpaired) electrons. The maximum Gasteiger partial charge on any atom is 0.338 e. The maximum absolute atomic E-state index is 12.1. The zero-order valence-corrected chi connectivity index (χ0v) is 14.8. The topological polar surface area (TPSA) is 38.3 Å². The Morgan fingerprint density at radius 2 is 2.16 bits per heavy atom. The van der Waals surface area contributed by atoms with E-state index in [0.717, 1.165) is 17.1 Å². The van der Waals surface area contributed by atoms with Crippen LogP contribution in [0.4, 0.5) is 5.69 Å². The van der Waals surface area contributed by atoms with Crippen LogP contribution in [0.5, 0.6) is 0 Å². The molecule has 0 saturated heterocycles. The number of rotatable bonds is 3. The molecule has 1 heterocycles. The van der Waals surface area contributed by atoms with Crippen LogP contribution in [0.25, 0.3) is 0 Å². The lowest BCUT2D eigenvalue weighted by molar-refractivity contribution is 0.0526. The molecule has 1 aliphatic heterocycles. The number of carbonyl (C=O) groups is 1. The molecule has 0 spiro atoms. The van der Waals surface area contributed by atoms with E-state index in [4.69, 9.17) is 16.3 Å². The number of ether oxygens (including phenoxy) is 1. The van der Waals surface area contributed by atoms with Crippen molar-refractivity contribution in [3.63, 3.8) is 0 Å². The standard InChI is InChI=1S/C21H20ClNO2/c1-2-25-21(24)14-9-10-19-18(12-14)16-7-4-8-17(16)20(23-19)13-5-3-6-15(22)11-13/h3-7,9-12,16-17,20,23H,2,8H2,1H3/t16-,17+,20+/m0/s1. The Morgan fingerprint density at radius 1 is 1.28 bits per heavy atom. The molecule has 1 N–H and O–H groups in total. The highest BCUT2D eigenvalue weighted by atomic mass is 35.5. The zero-order valence-electron chi connectivity index (χ0n) is 14.0. The molecule has 4 rings (SSSR count). The summed E-state index contributed by atoms with van der Waals surface area (Å²) < 4.78 is 5.14. The first-order valence-corrected chi connectivity index (χ1v) is 9.05. The van der Waals surface area contributed by atoms with E-state index in [1.54, 1.807) is 0 Å². The van der Waals surface area contributed by atoms with Crippen LogP contribution in [-0.2, 0) is 4.74 Å². The molecule has 0 bridgehead atoms. The summed E-state index contributed by atoms with van der Waals surface area (Å²) in [5.41, 5.74) is 4.06. The molecule has 0 aromatic heterocycles. The second kappa shape index (κ2) is 6.57. The minimum absolute atomic E-state index is 0.208. The molecule has 3 atom stereocenters. The smallest absolute Gasteiger partial charge is 0.338 e. The predicted molar refractivity (Wildman–Crippen MR) is 100 cm³/mol. The van der Waals surface area contributed by atoms with E-state index in [0.29, 0.717) is 24.0 Å². The summed E-state index contributed by atoms with van der Waals surface area (Å²) in [5.74, 6) is 0.457. The number of anilines is 1. The number of allylic oxidation sites excluding steroid dienone is 2. The van der Waals surface area contributed by atoms with Crippen molar-refractivity contribution >= 4 is 23.3 Å². The first-order chi connectivity index (χ1) is 12.2. The van der Waals surface area contributed by atoms with Gasteiger partial charge in [-0.1, -0.05) is 35.9 Å². The van der Waals surface area contributed by atoms with Gasteiger partial charge in [0.2, 0.25) is 0 Å². The van der Waals surface area contributed by atoms with Gasteiger partial charge in [-0.2, -0.15) is 0 Å². The first kappa shape index (κ1) is 16.2. The van der Waals surface area contributed by atoms with Crippen LogP contribution in [0.1, 0.15) is 46.8 Å². The van der Waals surface area contributed by atoms with Crippen molar-refractivity contribution in [2.24, 2.45) is 5.92 Å². The normalized spacial score (nSPS) is 23.5. The van der Waals surface area contributed by atoms with Crippen LogP contribution in [0, 0.1) is 5.92 Å². The van der Waals surface area contributed by atoms with E-state index in [1.165, 1.54) is 11.1 Å². The SMILES string of the molecule is CCOC(=O)c1ccc2c(c1)[C@H]1C=CC[C@H]1[C@@H](c1cccc(Cl)c1)N2. The van der Waals surface area contributed by atoms with E-state index in [2.05, 4.69) is 23.5 Å². The average molecular weight is 354 g/mol. The molecule has 1 aliphatic carbocycles. The van der Waals surface area contributed by atoms with Crippen LogP contribution >= 0.6 is 11.6 Å². The molecule has 2 aromatic carbocycles. The summed E-state index contributed by atoms with van der Waals surface area (Å²) in [4.78, 5) is 12.1. The Labute approximate surface area is 152 Å². The van der Waals surface area contributed by atoms with Gasteiger partial charge in [0.05, 0.1) is 18.2 Å². The lowest BCUT2D eigenvalue weighted by Gasteiger charge is -2.37. The van der Waals surface area contributed by atoms with Crippen molar-refractivity contribution in [1.82, 2.24) is 0 Å². The number of hydrogen-bond acceptors (Lipinski definition) is 3. The van der Waals surface area contributed by atoms with Crippen molar-refractivity contribution in [2.45, 2.75) is 25.3 Å². The molecule has 25 heavy (non-hydrogen) atoms. The van der Waals surface area contributed by atoms with Gasteiger partial charge in [-0.25, -0.2) is 4.79 Å². The number of halogens is 1. The summed E-state index contributed by atoms with van der Waals surface area (Å²) in [6, 6.07) is 14.1. The van der Waals surface area contributed by atoms with Gasteiger partial charge < -0.3 is 10.1 Å². The van der Waals surface area contributed by atoms with Crippen LogP contribution in [0.3, 0.4) is 0 Å². The van der Waals surface area contributed by atoms with Crippen LogP contribution in [0.2, 0.25) is 5.02 Å². The zero-order chi connectivity index (χ0) is 17.4. The third-order valence-electron chi connectivity index (χ3n) is 5.08. The summed E-state index contributed by atoms with van der Waals surface area (Å²) in [7, 11) is 0. The van der Waals surface area contributed by atoms with Crippen LogP contribution in [0.15, 0.2) is 54.6 Å². The van der Waals surface area contributed by atoms with Crippen LogP contribution in [-0.4, -0.2) is 12.6 Å². The Morgan fingerprint density at radius 3 is 2.96 bits per heavy atom. The largest absolute Gasteiger partial charge is 0.462 e. The molecule has 0 fully saturated rings. The Balaban J connectivity index is 1.72. The van der Waals surface area contributed by atoms with Gasteiger partial charge in [0.25, 0.3) is 0 Å². The van der Waals surface area contributed by atoms with E-state index in [1.807, 2.05) is 43.3 Å². The van der Waals surface area contributed by atoms with Gasteiger partial charge in [0.15, 0.2) is 0 Å². The van der Waals surface area contributed by atoms with E-state index < -0.39 is 0 Å². The molecular weight excluding hydrogens is 334 g/mol. The fraction of sp³-hybridized carbons (Fsp3) is 0.286. The molecule has 0 saturated carbocycles. The lowest BCUT2D eigenvalue weighted by atomic mass is 9.76. The molecule has 128 valence electrons. The second-order valence-corrected chi connectivity index (χ2v) is 6.99. The minimum atomic E-state index is -0.263. The number of hydrogen-bond donors (Lipinski definition) is 1. The average Bonchev–Trinajstić information content (AvgIpc) is 3.11. The van der Waals surface area contributed by atoms with Crippen molar-refractivity contribution in [3.05, 3.63) is 76.3 Å². The summed E-state index contributed by atoms with van der Waals surface area (Å²) in [5, 5.41) is 4.41. The molecule has 2 aromatic rings. The van der Waals surface area contributed by atoms with Crippen LogP contribution < -0.4 is 5.32 Å². The van der Waals surface area contributed by atoms with E-state index >= 15 is 0 Å². The fourth-order valence-electron chi connectivity index (χ4n) is 3.97. The third kappa shape index (κ3) is 2.93. The number of fused-ring (bicyclic) bond motifs is 3. The van der Waals surface area contributed by atoms with Crippen molar-refractivity contribution in [2.75, 3.05) is 11.9 Å². The molecular formula is C21H20ClNO2. The highest BCUT2D eigenvalue weighted by Crippen LogP contribution is 2.50. The number of carbonyl (C=O) groups excluding carboxylic acids is 1. The van der Waals surface area contributed by atoms with Gasteiger partial charge >= 0.3 is 5.97 Å².